The van der Waals surface area contributed by atoms with E-state index in [1.807, 2.05) is 32.0 Å². The molecule has 0 aliphatic rings. The number of hydrogen-bond acceptors (Lipinski definition) is 4. The summed E-state index contributed by atoms with van der Waals surface area (Å²) >= 11 is 3.34. The quantitative estimate of drug-likeness (QED) is 0.624. The van der Waals surface area contributed by atoms with E-state index in [2.05, 4.69) is 26.3 Å². The third-order valence-electron chi connectivity index (χ3n) is 4.44. The van der Waals surface area contributed by atoms with Crippen LogP contribution in [0.2, 0.25) is 0 Å². The zero-order chi connectivity index (χ0) is 20.3. The van der Waals surface area contributed by atoms with Crippen molar-refractivity contribution < 1.29 is 9.90 Å². The molecular formula is C21H20BrN3O3. The fourth-order valence-electron chi connectivity index (χ4n) is 2.95. The fraction of sp³-hybridized carbons (Fsp3) is 0.190. The number of benzene rings is 2. The van der Waals surface area contributed by atoms with Gasteiger partial charge in [0.25, 0.3) is 11.5 Å². The summed E-state index contributed by atoms with van der Waals surface area (Å²) in [5.74, 6) is -1.03. The second kappa shape index (κ2) is 8.39. The first kappa shape index (κ1) is 19.8. The lowest BCUT2D eigenvalue weighted by Gasteiger charge is -2.15. The van der Waals surface area contributed by atoms with Crippen LogP contribution < -0.4 is 10.9 Å². The molecule has 7 heteroatoms. The Morgan fingerprint density at radius 1 is 1.11 bits per heavy atom. The number of nitrogens with zero attached hydrogens (tertiary/aromatic N) is 2. The third kappa shape index (κ3) is 3.99. The van der Waals surface area contributed by atoms with Crippen molar-refractivity contribution in [3.05, 3.63) is 80.2 Å². The Labute approximate surface area is 171 Å². The first-order chi connectivity index (χ1) is 13.4. The van der Waals surface area contributed by atoms with Crippen molar-refractivity contribution in [1.29, 1.82) is 0 Å². The Morgan fingerprint density at radius 2 is 1.71 bits per heavy atom. The molecule has 2 aromatic carbocycles. The predicted molar refractivity (Wildman–Crippen MR) is 112 cm³/mol. The van der Waals surface area contributed by atoms with Crippen molar-refractivity contribution in [3.8, 4) is 11.4 Å². The lowest BCUT2D eigenvalue weighted by molar-refractivity contribution is 0.101. The Morgan fingerprint density at radius 3 is 2.29 bits per heavy atom. The van der Waals surface area contributed by atoms with Gasteiger partial charge in [-0.2, -0.15) is 9.78 Å². The number of para-hydroxylation sites is 1. The molecule has 0 spiro atoms. The molecule has 1 heterocycles. The van der Waals surface area contributed by atoms with Crippen LogP contribution in [0, 0.1) is 0 Å². The van der Waals surface area contributed by atoms with Crippen LogP contribution in [0.3, 0.4) is 0 Å². The molecule has 0 aliphatic heterocycles. The van der Waals surface area contributed by atoms with Crippen LogP contribution in [0.1, 0.15) is 35.5 Å². The molecule has 3 rings (SSSR count). The van der Waals surface area contributed by atoms with E-state index in [9.17, 15) is 14.7 Å². The van der Waals surface area contributed by atoms with E-state index in [1.165, 1.54) is 0 Å². The van der Waals surface area contributed by atoms with E-state index >= 15 is 0 Å². The van der Waals surface area contributed by atoms with Crippen LogP contribution in [0.5, 0.6) is 5.75 Å². The molecule has 0 atom stereocenters. The Bertz CT molecular complexity index is 1050. The molecule has 0 bridgehead atoms. The maximum Gasteiger partial charge on any atom is 0.280 e. The Balaban J connectivity index is 2.02. The van der Waals surface area contributed by atoms with Crippen molar-refractivity contribution in [2.75, 3.05) is 5.32 Å². The van der Waals surface area contributed by atoms with Crippen LogP contribution in [0.25, 0.3) is 5.69 Å². The maximum absolute atomic E-state index is 12.9. The number of aryl methyl sites for hydroxylation is 2. The summed E-state index contributed by atoms with van der Waals surface area (Å²) in [5.41, 5.74) is 2.46. The highest BCUT2D eigenvalue weighted by atomic mass is 79.9. The van der Waals surface area contributed by atoms with Gasteiger partial charge in [0.05, 0.1) is 5.69 Å². The number of halogens is 1. The monoisotopic (exact) mass is 441 g/mol. The minimum atomic E-state index is -0.570. The molecule has 1 aromatic heterocycles. The highest BCUT2D eigenvalue weighted by Gasteiger charge is 2.19. The number of carbonyl (C=O) groups is 1. The summed E-state index contributed by atoms with van der Waals surface area (Å²) in [7, 11) is 0. The van der Waals surface area contributed by atoms with Gasteiger partial charge >= 0.3 is 0 Å². The number of aromatic nitrogens is 2. The van der Waals surface area contributed by atoms with E-state index in [4.69, 9.17) is 0 Å². The van der Waals surface area contributed by atoms with Crippen molar-refractivity contribution in [3.63, 3.8) is 0 Å². The minimum Gasteiger partial charge on any atom is -0.505 e. The van der Waals surface area contributed by atoms with E-state index in [0.717, 1.165) is 44.9 Å². The van der Waals surface area contributed by atoms with Gasteiger partial charge < -0.3 is 10.4 Å². The molecule has 0 saturated heterocycles. The molecule has 0 saturated carbocycles. The van der Waals surface area contributed by atoms with E-state index in [1.54, 1.807) is 24.3 Å². The molecule has 2 N–H and O–H groups in total. The first-order valence-corrected chi connectivity index (χ1v) is 9.75. The molecule has 0 radical (unpaired) electrons. The number of aromatic hydroxyl groups is 1. The lowest BCUT2D eigenvalue weighted by Crippen LogP contribution is -2.25. The van der Waals surface area contributed by atoms with Crippen molar-refractivity contribution in [1.82, 2.24) is 9.78 Å². The maximum atomic E-state index is 12.9. The van der Waals surface area contributed by atoms with Crippen molar-refractivity contribution >= 4 is 27.5 Å². The first-order valence-electron chi connectivity index (χ1n) is 8.96. The average Bonchev–Trinajstić information content (AvgIpc) is 2.69. The summed E-state index contributed by atoms with van der Waals surface area (Å²) in [4.78, 5) is 25.1. The van der Waals surface area contributed by atoms with E-state index in [-0.39, 0.29) is 5.69 Å². The average molecular weight is 442 g/mol. The van der Waals surface area contributed by atoms with Gasteiger partial charge in [-0.1, -0.05) is 48.0 Å². The highest BCUT2D eigenvalue weighted by Crippen LogP contribution is 2.24. The minimum absolute atomic E-state index is 0.213. The van der Waals surface area contributed by atoms with Crippen LogP contribution in [0.4, 0.5) is 5.69 Å². The van der Waals surface area contributed by atoms with Gasteiger partial charge in [-0.15, -0.1) is 0 Å². The SMILES string of the molecule is CCc1cccc(CC)c1NC(=O)c1nn(-c2ccc(Br)cc2)c(=O)cc1O. The molecule has 0 aliphatic carbocycles. The van der Waals surface area contributed by atoms with Gasteiger partial charge in [0.15, 0.2) is 11.4 Å². The summed E-state index contributed by atoms with van der Waals surface area (Å²) in [6, 6.07) is 13.8. The lowest BCUT2D eigenvalue weighted by atomic mass is 10.0. The largest absolute Gasteiger partial charge is 0.505 e. The Kier molecular flexibility index (Phi) is 5.94. The van der Waals surface area contributed by atoms with Crippen LogP contribution in [-0.2, 0) is 12.8 Å². The molecule has 6 nitrogen and oxygen atoms in total. The van der Waals surface area contributed by atoms with Crippen molar-refractivity contribution in [2.45, 2.75) is 26.7 Å². The van der Waals surface area contributed by atoms with Gasteiger partial charge in [-0.3, -0.25) is 9.59 Å². The predicted octanol–water partition coefficient (Wildman–Crippen LogP) is 4.08. The number of nitrogens with one attached hydrogen (secondary N) is 1. The molecule has 1 amide bonds. The highest BCUT2D eigenvalue weighted by molar-refractivity contribution is 9.10. The summed E-state index contributed by atoms with van der Waals surface area (Å²) in [5, 5.41) is 17.1. The number of amides is 1. The normalized spacial score (nSPS) is 10.7. The molecule has 0 fully saturated rings. The molecular weight excluding hydrogens is 422 g/mol. The molecule has 144 valence electrons. The summed E-state index contributed by atoms with van der Waals surface area (Å²) in [6.07, 6.45) is 1.50. The van der Waals surface area contributed by atoms with E-state index in [0.29, 0.717) is 5.69 Å². The molecule has 3 aromatic rings. The smallest absolute Gasteiger partial charge is 0.280 e. The topological polar surface area (TPSA) is 84.2 Å². The van der Waals surface area contributed by atoms with Crippen LogP contribution >= 0.6 is 15.9 Å². The zero-order valence-corrected chi connectivity index (χ0v) is 17.2. The Hall–Kier alpha value is -2.93. The van der Waals surface area contributed by atoms with E-state index < -0.39 is 17.2 Å². The number of anilines is 1. The van der Waals surface area contributed by atoms with Crippen LogP contribution in [0.15, 0.2) is 57.8 Å². The summed E-state index contributed by atoms with van der Waals surface area (Å²) < 4.78 is 1.94. The third-order valence-corrected chi connectivity index (χ3v) is 4.96. The number of hydrogen-bond donors (Lipinski definition) is 2. The molecule has 28 heavy (non-hydrogen) atoms. The van der Waals surface area contributed by atoms with Gasteiger partial charge in [0.2, 0.25) is 0 Å². The van der Waals surface area contributed by atoms with Gasteiger partial charge in [-0.25, -0.2) is 0 Å². The van der Waals surface area contributed by atoms with Crippen LogP contribution in [-0.4, -0.2) is 20.8 Å². The zero-order valence-electron chi connectivity index (χ0n) is 15.6. The number of rotatable bonds is 5. The molecule has 0 unspecified atom stereocenters. The van der Waals surface area contributed by atoms with Gasteiger partial charge in [0.1, 0.15) is 0 Å². The fourth-order valence-corrected chi connectivity index (χ4v) is 3.22. The van der Waals surface area contributed by atoms with Crippen molar-refractivity contribution in [2.24, 2.45) is 0 Å². The standard InChI is InChI=1S/C21H20BrN3O3/c1-3-13-6-5-7-14(4-2)19(13)23-21(28)20-17(26)12-18(27)25(24-20)16-10-8-15(22)9-11-16/h5-12,26H,3-4H2,1-2H3,(H,23,28). The summed E-state index contributed by atoms with van der Waals surface area (Å²) in [6.45, 7) is 4.02. The second-order valence-corrected chi connectivity index (χ2v) is 7.13. The second-order valence-electron chi connectivity index (χ2n) is 6.22. The number of carbonyl (C=O) groups excluding carboxylic acids is 1. The van der Waals surface area contributed by atoms with Gasteiger partial charge in [0, 0.05) is 16.2 Å². The van der Waals surface area contributed by atoms with Gasteiger partial charge in [-0.05, 0) is 48.2 Å².